The van der Waals surface area contributed by atoms with E-state index in [0.29, 0.717) is 17.9 Å². The normalized spacial score (nSPS) is 16.8. The summed E-state index contributed by atoms with van der Waals surface area (Å²) in [6, 6.07) is 18.4. The molecule has 46 heavy (non-hydrogen) atoms. The number of hydrogen-bond donors (Lipinski definition) is 3. The molecule has 1 aliphatic rings. The maximum Gasteiger partial charge on any atom is 0.230 e. The minimum absolute atomic E-state index is 0.0351. The number of carbonyl (C=O) groups excluding carboxylic acids is 1. The summed E-state index contributed by atoms with van der Waals surface area (Å²) in [6.07, 6.45) is 3.66. The quantitative estimate of drug-likeness (QED) is 0.145. The van der Waals surface area contributed by atoms with Crippen molar-refractivity contribution in [3.05, 3.63) is 113 Å². The zero-order valence-electron chi connectivity index (χ0n) is 25.8. The highest BCUT2D eigenvalue weighted by atomic mass is 32.1. The number of allylic oxidation sites excluding steroid dienone is 4. The lowest BCUT2D eigenvalue weighted by atomic mass is 9.95. The van der Waals surface area contributed by atoms with Gasteiger partial charge in [0.25, 0.3) is 0 Å². The minimum Gasteiger partial charge on any atom is -0.490 e. The highest BCUT2D eigenvalue weighted by molar-refractivity contribution is 7.80. The third kappa shape index (κ3) is 8.61. The number of halogens is 2. The van der Waals surface area contributed by atoms with Crippen LogP contribution in [0.1, 0.15) is 30.5 Å². The Morgan fingerprint density at radius 1 is 1.09 bits per heavy atom. The monoisotopic (exact) mass is 662 g/mol. The summed E-state index contributed by atoms with van der Waals surface area (Å²) in [4.78, 5) is 18.0. The Morgan fingerprint density at radius 3 is 2.57 bits per heavy atom. The van der Waals surface area contributed by atoms with Crippen LogP contribution in [0.3, 0.4) is 0 Å². The average molecular weight is 663 g/mol. The number of hydrogen-bond acceptors (Lipinski definition) is 7. The lowest BCUT2D eigenvalue weighted by molar-refractivity contribution is -0.119. The number of fused-ring (bicyclic) bond motifs is 1. The Morgan fingerprint density at radius 2 is 1.83 bits per heavy atom. The van der Waals surface area contributed by atoms with Gasteiger partial charge in [-0.3, -0.25) is 9.78 Å². The molecule has 0 saturated carbocycles. The van der Waals surface area contributed by atoms with Gasteiger partial charge in [-0.15, -0.1) is 11.3 Å². The summed E-state index contributed by atoms with van der Waals surface area (Å²) in [5.74, 6) is -1.10. The van der Waals surface area contributed by atoms with Gasteiger partial charge in [0, 0.05) is 47.9 Å². The molecule has 0 saturated heterocycles. The summed E-state index contributed by atoms with van der Waals surface area (Å²) in [6.45, 7) is 5.43. The van der Waals surface area contributed by atoms with Gasteiger partial charge in [0.15, 0.2) is 11.3 Å². The van der Waals surface area contributed by atoms with Gasteiger partial charge < -0.3 is 25.4 Å². The number of ether oxygens (including phenoxy) is 2. The third-order valence-corrected chi connectivity index (χ3v) is 9.07. The van der Waals surface area contributed by atoms with Crippen LogP contribution in [0.2, 0.25) is 0 Å². The number of thiocarbonyl (C=S) groups is 1. The molecule has 0 aliphatic heterocycles. The molecule has 2 aromatic carbocycles. The highest BCUT2D eigenvalue weighted by Gasteiger charge is 2.29. The van der Waals surface area contributed by atoms with Gasteiger partial charge in [0.05, 0.1) is 23.2 Å². The number of amides is 1. The van der Waals surface area contributed by atoms with E-state index in [1.807, 2.05) is 6.07 Å². The number of alkyl halides is 1. The van der Waals surface area contributed by atoms with Crippen molar-refractivity contribution in [1.82, 2.24) is 20.9 Å². The van der Waals surface area contributed by atoms with Crippen LogP contribution >= 0.6 is 23.6 Å². The van der Waals surface area contributed by atoms with Gasteiger partial charge >= 0.3 is 0 Å². The van der Waals surface area contributed by atoms with E-state index in [2.05, 4.69) is 58.2 Å². The van der Waals surface area contributed by atoms with Crippen molar-refractivity contribution in [2.45, 2.75) is 45.6 Å². The van der Waals surface area contributed by atoms with Gasteiger partial charge in [-0.05, 0) is 72.2 Å². The fourth-order valence-electron chi connectivity index (χ4n) is 5.02. The number of rotatable bonds is 12. The van der Waals surface area contributed by atoms with Gasteiger partial charge in [-0.2, -0.15) is 0 Å². The van der Waals surface area contributed by atoms with Crippen LogP contribution in [-0.4, -0.2) is 41.9 Å². The molecule has 1 aliphatic carbocycles. The zero-order chi connectivity index (χ0) is 32.6. The van der Waals surface area contributed by atoms with E-state index in [1.54, 1.807) is 43.7 Å². The van der Waals surface area contributed by atoms with Gasteiger partial charge in [-0.25, -0.2) is 8.78 Å². The third-order valence-electron chi connectivity index (χ3n) is 7.61. The molecule has 240 valence electrons. The maximum atomic E-state index is 15.5. The predicted octanol–water partition coefficient (Wildman–Crippen LogP) is 6.73. The minimum atomic E-state index is -1.41. The fraction of sp³-hybridized carbons (Fsp3) is 0.286. The zero-order valence-corrected chi connectivity index (χ0v) is 27.4. The first-order valence-electron chi connectivity index (χ1n) is 14.9. The van der Waals surface area contributed by atoms with Crippen LogP contribution in [-0.2, 0) is 33.8 Å². The molecule has 0 fully saturated rings. The average Bonchev–Trinajstić information content (AvgIpc) is 3.49. The molecule has 2 unspecified atom stereocenters. The second-order valence-corrected chi connectivity index (χ2v) is 12.7. The van der Waals surface area contributed by atoms with Crippen LogP contribution in [0.25, 0.3) is 20.7 Å². The summed E-state index contributed by atoms with van der Waals surface area (Å²) in [5.41, 5.74) is 5.25. The molecule has 2 heterocycles. The molecule has 5 rings (SSSR count). The SMILES string of the molecule is COC[C@H](C)NCc1ccc(-c2cc3nccc(COC4=CC=C(NC(=S)NC(=O)Cc5ccc(F)cc5)C(C)C4F)c3s2)cc1. The molecular weight excluding hydrogens is 627 g/mol. The first-order chi connectivity index (χ1) is 22.2. The highest BCUT2D eigenvalue weighted by Crippen LogP contribution is 2.36. The number of benzene rings is 2. The first-order valence-corrected chi connectivity index (χ1v) is 16.2. The molecule has 11 heteroatoms. The molecule has 0 spiro atoms. The molecule has 7 nitrogen and oxygen atoms in total. The summed E-state index contributed by atoms with van der Waals surface area (Å²) in [7, 11) is 1.70. The smallest absolute Gasteiger partial charge is 0.230 e. The lowest BCUT2D eigenvalue weighted by Gasteiger charge is -2.27. The number of carbonyl (C=O) groups is 1. The number of methoxy groups -OCH3 is 1. The first kappa shape index (κ1) is 33.3. The number of nitrogens with zero attached hydrogens (tertiary/aromatic N) is 1. The molecule has 3 atom stereocenters. The van der Waals surface area contributed by atoms with Gasteiger partial charge in [-0.1, -0.05) is 43.3 Å². The summed E-state index contributed by atoms with van der Waals surface area (Å²) in [5, 5.41) is 9.03. The topological polar surface area (TPSA) is 84.5 Å². The number of pyridine rings is 1. The predicted molar refractivity (Wildman–Crippen MR) is 182 cm³/mol. The van der Waals surface area contributed by atoms with Gasteiger partial charge in [0.1, 0.15) is 18.2 Å². The van der Waals surface area contributed by atoms with E-state index in [9.17, 15) is 9.18 Å². The van der Waals surface area contributed by atoms with Crippen molar-refractivity contribution in [2.75, 3.05) is 13.7 Å². The Kier molecular flexibility index (Phi) is 11.2. The molecule has 0 radical (unpaired) electrons. The standard InChI is InChI=1S/C35H36F2N4O3S2/c1-21(19-43-3)39-18-24-4-8-25(9-5-24)31-17-29-34(46-31)26(14-15-38-29)20-44-30-13-12-28(22(2)33(30)37)40-35(45)41-32(42)16-23-6-10-27(36)11-7-23/h4-15,17,21-22,33,39H,16,18-20H2,1-3H3,(H2,40,41,42,45)/t21-,22?,33?/m0/s1. The second-order valence-electron chi connectivity index (χ2n) is 11.2. The van der Waals surface area contributed by atoms with Crippen molar-refractivity contribution in [2.24, 2.45) is 5.92 Å². The summed E-state index contributed by atoms with van der Waals surface area (Å²) >= 11 is 6.91. The maximum absolute atomic E-state index is 15.5. The van der Waals surface area contributed by atoms with E-state index in [0.717, 1.165) is 32.8 Å². The van der Waals surface area contributed by atoms with Crippen LogP contribution in [0.15, 0.2) is 90.5 Å². The summed E-state index contributed by atoms with van der Waals surface area (Å²) < 4.78 is 40.8. The largest absolute Gasteiger partial charge is 0.490 e. The fourth-order valence-corrected chi connectivity index (χ4v) is 6.37. The molecule has 0 bridgehead atoms. The van der Waals surface area contributed by atoms with Crippen LogP contribution in [0, 0.1) is 11.7 Å². The Hall–Kier alpha value is -4.03. The van der Waals surface area contributed by atoms with Crippen LogP contribution in [0.5, 0.6) is 0 Å². The number of nitrogens with one attached hydrogen (secondary N) is 3. The Bertz CT molecular complexity index is 1740. The van der Waals surface area contributed by atoms with Crippen molar-refractivity contribution in [1.29, 1.82) is 0 Å². The van der Waals surface area contributed by atoms with Gasteiger partial charge in [0.2, 0.25) is 5.91 Å². The Balaban J connectivity index is 1.19. The lowest BCUT2D eigenvalue weighted by Crippen LogP contribution is -2.42. The van der Waals surface area contributed by atoms with Crippen molar-refractivity contribution in [3.8, 4) is 10.4 Å². The van der Waals surface area contributed by atoms with E-state index in [1.165, 1.54) is 29.8 Å². The van der Waals surface area contributed by atoms with Crippen molar-refractivity contribution in [3.63, 3.8) is 0 Å². The second kappa shape index (κ2) is 15.5. The number of thiophene rings is 1. The molecule has 1 amide bonds. The van der Waals surface area contributed by atoms with E-state index < -0.39 is 12.1 Å². The van der Waals surface area contributed by atoms with E-state index in [-0.39, 0.29) is 41.7 Å². The van der Waals surface area contributed by atoms with E-state index >= 15 is 4.39 Å². The van der Waals surface area contributed by atoms with Crippen molar-refractivity contribution >= 4 is 44.8 Å². The number of aromatic nitrogens is 1. The van der Waals surface area contributed by atoms with E-state index in [4.69, 9.17) is 21.7 Å². The Labute approximate surface area is 276 Å². The molecule has 4 aromatic rings. The van der Waals surface area contributed by atoms with Crippen LogP contribution < -0.4 is 16.0 Å². The van der Waals surface area contributed by atoms with Crippen molar-refractivity contribution < 1.29 is 23.0 Å². The molecule has 3 N–H and O–H groups in total. The molecular formula is C35H36F2N4O3S2. The molecule has 2 aromatic heterocycles. The van der Waals surface area contributed by atoms with Crippen LogP contribution in [0.4, 0.5) is 8.78 Å².